The van der Waals surface area contributed by atoms with E-state index in [-0.39, 0.29) is 0 Å². The molecule has 0 aromatic rings. The van der Waals surface area contributed by atoms with Crippen LogP contribution in [0.4, 0.5) is 0 Å². The summed E-state index contributed by atoms with van der Waals surface area (Å²) in [5, 5.41) is 0. The zero-order valence-corrected chi connectivity index (χ0v) is 6.61. The number of hydrogen-bond donors (Lipinski definition) is 0. The molecule has 0 rings (SSSR count). The van der Waals surface area contributed by atoms with Crippen molar-refractivity contribution < 1.29 is 0 Å². The van der Waals surface area contributed by atoms with Crippen molar-refractivity contribution in [2.75, 3.05) is 0 Å². The van der Waals surface area contributed by atoms with Gasteiger partial charge in [0.1, 0.15) is 0 Å². The molecule has 0 aromatic carbocycles. The van der Waals surface area contributed by atoms with Crippen LogP contribution in [0.25, 0.3) is 0 Å². The molecule has 0 nitrogen and oxygen atoms in total. The Morgan fingerprint density at radius 2 is 2.17 bits per heavy atom. The van der Waals surface area contributed by atoms with Gasteiger partial charge in [0.05, 0.1) is 0 Å². The van der Waals surface area contributed by atoms with Crippen LogP contribution in [-0.4, -0.2) is 15.8 Å². The molecule has 1 unspecified atom stereocenters. The molecule has 0 saturated carbocycles. The van der Waals surface area contributed by atoms with Gasteiger partial charge in [0.2, 0.25) is 0 Å². The Balaban J connectivity index is 2.75. The van der Waals surface area contributed by atoms with Crippen molar-refractivity contribution >= 4 is 15.8 Å². The molecule has 0 N–H and O–H groups in total. The van der Waals surface area contributed by atoms with Gasteiger partial charge in [-0.05, 0) is 0 Å². The van der Waals surface area contributed by atoms with Crippen LogP contribution in [0.2, 0.25) is 10.4 Å². The van der Waals surface area contributed by atoms with E-state index in [1.807, 2.05) is 0 Å². The number of rotatable bonds is 2. The van der Waals surface area contributed by atoms with E-state index in [2.05, 4.69) is 19.6 Å². The van der Waals surface area contributed by atoms with Crippen LogP contribution in [-0.2, 0) is 0 Å². The van der Waals surface area contributed by atoms with E-state index in [1.54, 1.807) is 0 Å². The minimum absolute atomic E-state index is 0.661. The molecule has 0 spiro atoms. The maximum atomic E-state index is 2.32. The molecule has 0 saturated heterocycles. The quantitative estimate of drug-likeness (QED) is 0.523. The van der Waals surface area contributed by atoms with Crippen LogP contribution < -0.4 is 0 Å². The fraction of sp³-hybridized carbons (Fsp3) is 1.00. The predicted molar refractivity (Wildman–Crippen MR) is 31.3 cm³/mol. The van der Waals surface area contributed by atoms with Gasteiger partial charge in [0.25, 0.3) is 0 Å². The fourth-order valence-electron chi connectivity index (χ4n) is 0.183. The zero-order chi connectivity index (χ0) is 4.99. The molecule has 37 valence electrons. The van der Waals surface area contributed by atoms with Crippen LogP contribution in [0, 0.1) is 0 Å². The number of hydrogen-bond acceptors (Lipinski definition) is 0. The first-order valence-electron chi connectivity index (χ1n) is 2.40. The Labute approximate surface area is 47.0 Å². The van der Waals surface area contributed by atoms with Gasteiger partial charge in [-0.3, -0.25) is 0 Å². The third-order valence-corrected chi connectivity index (χ3v) is 3.65. The van der Waals surface area contributed by atoms with E-state index in [9.17, 15) is 0 Å². The van der Waals surface area contributed by atoms with Crippen LogP contribution >= 0.6 is 0 Å². The molecule has 1 atom stereocenters. The third kappa shape index (κ3) is 2.78. The van der Waals surface area contributed by atoms with Gasteiger partial charge in [-0.1, -0.05) is 0 Å². The molecule has 0 aliphatic carbocycles. The summed E-state index contributed by atoms with van der Waals surface area (Å²) >= 11 is 0.661. The van der Waals surface area contributed by atoms with Crippen molar-refractivity contribution in [3.05, 3.63) is 0 Å². The Morgan fingerprint density at radius 3 is 2.17 bits per heavy atom. The summed E-state index contributed by atoms with van der Waals surface area (Å²) in [6.45, 7) is 4.57. The van der Waals surface area contributed by atoms with Crippen molar-refractivity contribution in [1.82, 2.24) is 0 Å². The van der Waals surface area contributed by atoms with E-state index >= 15 is 0 Å². The average molecular weight is 147 g/mol. The van der Waals surface area contributed by atoms with Gasteiger partial charge in [0, 0.05) is 0 Å². The average Bonchev–Trinajstić information content (AvgIpc) is 1.65. The van der Waals surface area contributed by atoms with Crippen LogP contribution in [0.3, 0.4) is 0 Å². The molecule has 0 aromatic heterocycles. The summed E-state index contributed by atoms with van der Waals surface area (Å²) in [5.41, 5.74) is 2.32. The van der Waals surface area contributed by atoms with E-state index in [0.29, 0.717) is 15.8 Å². The van der Waals surface area contributed by atoms with Crippen LogP contribution in [0.15, 0.2) is 0 Å². The first-order valence-corrected chi connectivity index (χ1v) is 5.36. The molecule has 0 aliphatic rings. The summed E-state index contributed by atoms with van der Waals surface area (Å²) in [6.07, 6.45) is 1.37. The molecule has 6 heavy (non-hydrogen) atoms. The molecule has 1 heteroatoms. The molecule has 0 amide bonds. The van der Waals surface area contributed by atoms with Crippen molar-refractivity contribution in [3.8, 4) is 0 Å². The molecule has 0 aliphatic heterocycles. The Morgan fingerprint density at radius 1 is 1.67 bits per heavy atom. The summed E-state index contributed by atoms with van der Waals surface area (Å²) in [4.78, 5) is 0. The Bertz CT molecular complexity index is 23.1. The van der Waals surface area contributed by atoms with Gasteiger partial charge >= 0.3 is 46.4 Å². The molecule has 0 heterocycles. The van der Waals surface area contributed by atoms with Gasteiger partial charge < -0.3 is 0 Å². The van der Waals surface area contributed by atoms with Gasteiger partial charge in [-0.15, -0.1) is 0 Å². The van der Waals surface area contributed by atoms with Gasteiger partial charge in [-0.2, -0.15) is 0 Å². The summed E-state index contributed by atoms with van der Waals surface area (Å²) < 4.78 is 1.03. The van der Waals surface area contributed by atoms with Crippen molar-refractivity contribution in [1.29, 1.82) is 0 Å². The molecular weight excluding hydrogens is 135 g/mol. The normalized spacial score (nSPS) is 16.5. The summed E-state index contributed by atoms with van der Waals surface area (Å²) in [5.74, 6) is 0. The molecule has 0 bridgehead atoms. The molecule has 0 fully saturated rings. The van der Waals surface area contributed by atoms with E-state index in [0.717, 1.165) is 4.71 Å². The maximum absolute atomic E-state index is 2.32. The Hall–Kier alpha value is 0.558. The van der Waals surface area contributed by atoms with E-state index < -0.39 is 0 Å². The van der Waals surface area contributed by atoms with E-state index in [4.69, 9.17) is 0 Å². The molecular formula is C5H12As. The van der Waals surface area contributed by atoms with Crippen molar-refractivity contribution in [3.63, 3.8) is 0 Å². The van der Waals surface area contributed by atoms with Gasteiger partial charge in [0.15, 0.2) is 0 Å². The second-order valence-electron chi connectivity index (χ2n) is 1.52. The summed E-state index contributed by atoms with van der Waals surface area (Å²) in [7, 11) is 0. The SMILES string of the molecule is CCC(C)[As]C. The Kier molecular flexibility index (Phi) is 4.09. The molecule has 1 radical (unpaired) electrons. The summed E-state index contributed by atoms with van der Waals surface area (Å²) in [6, 6.07) is 0. The monoisotopic (exact) mass is 147 g/mol. The standard InChI is InChI=1S/C5H12As/c1-4-5(2)6-3/h5H,4H2,1-3H3. The second-order valence-corrected chi connectivity index (χ2v) is 4.45. The van der Waals surface area contributed by atoms with Crippen LogP contribution in [0.1, 0.15) is 20.3 Å². The first kappa shape index (κ1) is 6.56. The van der Waals surface area contributed by atoms with E-state index in [1.165, 1.54) is 6.42 Å². The minimum atomic E-state index is 0.661. The first-order chi connectivity index (χ1) is 2.81. The predicted octanol–water partition coefficient (Wildman–Crippen LogP) is 1.96. The fourth-order valence-corrected chi connectivity index (χ4v) is 0.949. The topological polar surface area (TPSA) is 0 Å². The van der Waals surface area contributed by atoms with Crippen molar-refractivity contribution in [2.24, 2.45) is 0 Å². The third-order valence-electron chi connectivity index (χ3n) is 1.03. The second kappa shape index (κ2) is 3.74. The van der Waals surface area contributed by atoms with Crippen molar-refractivity contribution in [2.45, 2.75) is 30.7 Å². The van der Waals surface area contributed by atoms with Crippen LogP contribution in [0.5, 0.6) is 0 Å². The van der Waals surface area contributed by atoms with Gasteiger partial charge in [-0.25, -0.2) is 0 Å². The zero-order valence-electron chi connectivity index (χ0n) is 4.73.